The second kappa shape index (κ2) is 9.14. The van der Waals surface area contributed by atoms with Crippen LogP contribution in [0.3, 0.4) is 0 Å². The lowest BCUT2D eigenvalue weighted by Gasteiger charge is -2.24. The van der Waals surface area contributed by atoms with Gasteiger partial charge in [-0.1, -0.05) is 49.2 Å². The Hall–Kier alpha value is -2.79. The van der Waals surface area contributed by atoms with E-state index in [1.54, 1.807) is 33.5 Å². The number of hydrogen-bond acceptors (Lipinski definition) is 4. The van der Waals surface area contributed by atoms with Gasteiger partial charge in [-0.2, -0.15) is 0 Å². The summed E-state index contributed by atoms with van der Waals surface area (Å²) in [6, 6.07) is 13.6. The van der Waals surface area contributed by atoms with E-state index in [-0.39, 0.29) is 11.7 Å². The van der Waals surface area contributed by atoms with Crippen LogP contribution in [-0.2, 0) is 0 Å². The number of benzene rings is 2. The Balaban J connectivity index is 2.01. The van der Waals surface area contributed by atoms with Gasteiger partial charge >= 0.3 is 0 Å². The summed E-state index contributed by atoms with van der Waals surface area (Å²) < 4.78 is 16.2. The smallest absolute Gasteiger partial charge is 0.203 e. The van der Waals surface area contributed by atoms with E-state index >= 15 is 0 Å². The molecule has 0 saturated carbocycles. The van der Waals surface area contributed by atoms with Gasteiger partial charge < -0.3 is 14.2 Å². The molecule has 0 radical (unpaired) electrons. The molecule has 0 spiro atoms. The first kappa shape index (κ1) is 20.9. The van der Waals surface area contributed by atoms with Gasteiger partial charge in [0.1, 0.15) is 0 Å². The summed E-state index contributed by atoms with van der Waals surface area (Å²) in [5.41, 5.74) is 2.43. The van der Waals surface area contributed by atoms with Gasteiger partial charge in [-0.05, 0) is 29.5 Å². The molecule has 1 aliphatic heterocycles. The standard InChI is InChI=1S/C24H26O4S/c1-6-16-14-22(17-10-8-7-9-11-17)29(5)15-19(16)23(25)18-12-20(26-2)24(28-4)21(13-18)27-3/h7-16H,5-6H2,1-4H3. The van der Waals surface area contributed by atoms with Gasteiger partial charge in [-0.25, -0.2) is 0 Å². The van der Waals surface area contributed by atoms with Crippen LogP contribution in [0.25, 0.3) is 4.91 Å². The Morgan fingerprint density at radius 2 is 1.66 bits per heavy atom. The number of hydrogen-bond donors (Lipinski definition) is 0. The molecule has 3 rings (SSSR count). The van der Waals surface area contributed by atoms with Crippen molar-refractivity contribution in [2.45, 2.75) is 13.3 Å². The Kier molecular flexibility index (Phi) is 6.60. The number of carbonyl (C=O) groups is 1. The molecule has 2 aromatic rings. The summed E-state index contributed by atoms with van der Waals surface area (Å²) in [7, 11) is 4.23. The third-order valence-corrected chi connectivity index (χ3v) is 6.47. The highest BCUT2D eigenvalue weighted by atomic mass is 32.2. The lowest BCUT2D eigenvalue weighted by molar-refractivity contribution is 0.102. The maximum Gasteiger partial charge on any atom is 0.203 e. The number of ketones is 1. The number of carbonyl (C=O) groups excluding carboxylic acids is 1. The molecule has 0 aliphatic carbocycles. The summed E-state index contributed by atoms with van der Waals surface area (Å²) >= 11 is 0. The summed E-state index contributed by atoms with van der Waals surface area (Å²) in [6.07, 6.45) is 3.02. The van der Waals surface area contributed by atoms with E-state index in [1.165, 1.54) is 4.91 Å². The summed E-state index contributed by atoms with van der Waals surface area (Å²) in [6.45, 7) is 2.09. The Bertz CT molecular complexity index is 964. The van der Waals surface area contributed by atoms with Crippen LogP contribution in [0, 0.1) is 5.92 Å². The molecule has 0 bridgehead atoms. The van der Waals surface area contributed by atoms with Crippen LogP contribution in [0.4, 0.5) is 0 Å². The van der Waals surface area contributed by atoms with Crippen LogP contribution < -0.4 is 14.2 Å². The van der Waals surface area contributed by atoms with E-state index in [2.05, 4.69) is 31.0 Å². The summed E-state index contributed by atoms with van der Waals surface area (Å²) in [4.78, 5) is 14.6. The molecule has 0 aromatic heterocycles. The average molecular weight is 411 g/mol. The molecule has 29 heavy (non-hydrogen) atoms. The average Bonchev–Trinajstić information content (AvgIpc) is 2.77. The molecule has 2 unspecified atom stereocenters. The molecule has 5 heteroatoms. The van der Waals surface area contributed by atoms with Crippen LogP contribution in [0.2, 0.25) is 0 Å². The fourth-order valence-corrected chi connectivity index (χ4v) is 4.95. The monoisotopic (exact) mass is 410 g/mol. The predicted molar refractivity (Wildman–Crippen MR) is 121 cm³/mol. The van der Waals surface area contributed by atoms with Gasteiger partial charge in [0.25, 0.3) is 0 Å². The van der Waals surface area contributed by atoms with Crippen LogP contribution in [0.15, 0.2) is 59.5 Å². The minimum atomic E-state index is -0.405. The molecular formula is C24H26O4S. The molecular weight excluding hydrogens is 384 g/mol. The number of allylic oxidation sites excluding steroid dienone is 2. The Morgan fingerprint density at radius 3 is 2.17 bits per heavy atom. The van der Waals surface area contributed by atoms with Crippen molar-refractivity contribution in [1.29, 1.82) is 0 Å². The summed E-state index contributed by atoms with van der Waals surface area (Å²) in [5, 5.41) is 2.02. The lowest BCUT2D eigenvalue weighted by atomic mass is 9.89. The fourth-order valence-electron chi connectivity index (χ4n) is 3.45. The lowest BCUT2D eigenvalue weighted by Crippen LogP contribution is -2.14. The van der Waals surface area contributed by atoms with Gasteiger partial charge in [0.05, 0.1) is 21.3 Å². The Labute approximate surface area is 174 Å². The normalized spacial score (nSPS) is 18.5. The minimum Gasteiger partial charge on any atom is -0.493 e. The molecule has 1 heterocycles. The first-order chi connectivity index (χ1) is 14.0. The maximum absolute atomic E-state index is 13.4. The van der Waals surface area contributed by atoms with Gasteiger partial charge in [0.15, 0.2) is 17.3 Å². The molecule has 0 fully saturated rings. The highest BCUT2D eigenvalue weighted by Crippen LogP contribution is 2.44. The van der Waals surface area contributed by atoms with Crippen LogP contribution >= 0.6 is 10.5 Å². The predicted octanol–water partition coefficient (Wildman–Crippen LogP) is 5.56. The molecule has 0 N–H and O–H groups in total. The zero-order chi connectivity index (χ0) is 21.0. The molecule has 4 nitrogen and oxygen atoms in total. The topological polar surface area (TPSA) is 44.8 Å². The van der Waals surface area contributed by atoms with E-state index in [0.717, 1.165) is 17.6 Å². The van der Waals surface area contributed by atoms with Gasteiger partial charge in [0.2, 0.25) is 5.75 Å². The number of methoxy groups -OCH3 is 3. The van der Waals surface area contributed by atoms with E-state index in [9.17, 15) is 4.79 Å². The van der Waals surface area contributed by atoms with Gasteiger partial charge in [-0.3, -0.25) is 4.79 Å². The van der Waals surface area contributed by atoms with E-state index < -0.39 is 10.5 Å². The van der Waals surface area contributed by atoms with Crippen molar-refractivity contribution >= 4 is 27.0 Å². The van der Waals surface area contributed by atoms with Crippen molar-refractivity contribution in [2.75, 3.05) is 21.3 Å². The van der Waals surface area contributed by atoms with Gasteiger partial charge in [-0.15, -0.1) is 10.5 Å². The van der Waals surface area contributed by atoms with Crippen molar-refractivity contribution in [2.24, 2.45) is 5.92 Å². The molecule has 0 amide bonds. The first-order valence-corrected chi connectivity index (χ1v) is 10.9. The van der Waals surface area contributed by atoms with E-state index in [1.807, 2.05) is 23.6 Å². The molecule has 0 saturated heterocycles. The molecule has 2 aromatic carbocycles. The third kappa shape index (κ3) is 4.15. The van der Waals surface area contributed by atoms with Gasteiger partial charge in [0, 0.05) is 22.0 Å². The van der Waals surface area contributed by atoms with Crippen LogP contribution in [-0.4, -0.2) is 33.0 Å². The second-order valence-electron chi connectivity index (χ2n) is 6.66. The van der Waals surface area contributed by atoms with Crippen molar-refractivity contribution in [3.63, 3.8) is 0 Å². The van der Waals surface area contributed by atoms with Crippen LogP contribution in [0.5, 0.6) is 17.2 Å². The third-order valence-electron chi connectivity index (χ3n) is 4.99. The highest BCUT2D eigenvalue weighted by molar-refractivity contribution is 8.24. The maximum atomic E-state index is 13.4. The van der Waals surface area contributed by atoms with Crippen molar-refractivity contribution in [3.8, 4) is 17.2 Å². The van der Waals surface area contributed by atoms with E-state index in [4.69, 9.17) is 14.2 Å². The van der Waals surface area contributed by atoms with Crippen molar-refractivity contribution < 1.29 is 19.0 Å². The van der Waals surface area contributed by atoms with E-state index in [0.29, 0.717) is 22.8 Å². The quantitative estimate of drug-likeness (QED) is 0.443. The zero-order valence-corrected chi connectivity index (χ0v) is 18.0. The Morgan fingerprint density at radius 1 is 1.03 bits per heavy atom. The minimum absolute atomic E-state index is 0.0299. The number of rotatable bonds is 7. The molecule has 2 atom stereocenters. The molecule has 152 valence electrons. The number of Topliss-reactive ketones (excluding diaryl/α,β-unsaturated/α-hetero) is 1. The van der Waals surface area contributed by atoms with Crippen molar-refractivity contribution in [3.05, 3.63) is 70.6 Å². The second-order valence-corrected chi connectivity index (χ2v) is 8.19. The highest BCUT2D eigenvalue weighted by Gasteiger charge is 2.26. The number of ether oxygens (including phenoxy) is 3. The fraction of sp³-hybridized carbons (Fsp3) is 0.250. The first-order valence-electron chi connectivity index (χ1n) is 9.40. The zero-order valence-electron chi connectivity index (χ0n) is 17.2. The van der Waals surface area contributed by atoms with Crippen molar-refractivity contribution in [1.82, 2.24) is 0 Å². The van der Waals surface area contributed by atoms with Crippen LogP contribution in [0.1, 0.15) is 29.3 Å². The largest absolute Gasteiger partial charge is 0.493 e. The molecule has 1 aliphatic rings. The SMILES string of the molecule is C=S1C=C(C(=O)c2cc(OC)c(OC)c(OC)c2)C(CC)C=C1c1ccccc1. The summed E-state index contributed by atoms with van der Waals surface area (Å²) in [5.74, 6) is 5.70.